The molecule has 104 valence electrons. The summed E-state index contributed by atoms with van der Waals surface area (Å²) in [7, 11) is 1.60. The van der Waals surface area contributed by atoms with Crippen molar-refractivity contribution in [2.24, 2.45) is 10.7 Å². The lowest BCUT2D eigenvalue weighted by atomic mass is 10.3. The summed E-state index contributed by atoms with van der Waals surface area (Å²) in [5.41, 5.74) is 6.83. The number of methoxy groups -OCH3 is 1. The molecule has 1 unspecified atom stereocenters. The Morgan fingerprint density at radius 1 is 1.63 bits per heavy atom. The third-order valence-electron chi connectivity index (χ3n) is 2.96. The van der Waals surface area contributed by atoms with Crippen molar-refractivity contribution in [1.29, 1.82) is 0 Å². The van der Waals surface area contributed by atoms with Gasteiger partial charge in [0, 0.05) is 19.2 Å². The van der Waals surface area contributed by atoms with Crippen LogP contribution in [0.4, 0.5) is 0 Å². The Morgan fingerprint density at radius 3 is 3.21 bits per heavy atom. The second-order valence-corrected chi connectivity index (χ2v) is 4.47. The van der Waals surface area contributed by atoms with E-state index in [0.29, 0.717) is 25.0 Å². The highest BCUT2D eigenvalue weighted by Crippen LogP contribution is 2.08. The number of nitrogens with zero attached hydrogens (tertiary/aromatic N) is 3. The van der Waals surface area contributed by atoms with Crippen molar-refractivity contribution in [2.75, 3.05) is 26.8 Å². The minimum Gasteiger partial charge on any atom is -0.481 e. The highest BCUT2D eigenvalue weighted by Gasteiger charge is 2.17. The zero-order chi connectivity index (χ0) is 13.7. The summed E-state index contributed by atoms with van der Waals surface area (Å²) in [4.78, 5) is 10.7. The summed E-state index contributed by atoms with van der Waals surface area (Å²) in [6.07, 6.45) is 0.192. The number of rotatable bonds is 3. The predicted molar refractivity (Wildman–Crippen MR) is 73.1 cm³/mol. The van der Waals surface area contributed by atoms with E-state index in [4.69, 9.17) is 15.2 Å². The van der Waals surface area contributed by atoms with Crippen LogP contribution in [0.3, 0.4) is 0 Å². The average Bonchev–Trinajstić information content (AvgIpc) is 2.45. The SMILES string of the molecule is COc1cccc(CN=C(N)N2CCOC(C)C2)n1. The molecule has 6 nitrogen and oxygen atoms in total. The lowest BCUT2D eigenvalue weighted by Gasteiger charge is -2.31. The van der Waals surface area contributed by atoms with Crippen molar-refractivity contribution in [3.63, 3.8) is 0 Å². The summed E-state index contributed by atoms with van der Waals surface area (Å²) >= 11 is 0. The third-order valence-corrected chi connectivity index (χ3v) is 2.96. The molecule has 19 heavy (non-hydrogen) atoms. The maximum absolute atomic E-state index is 5.99. The molecule has 2 N–H and O–H groups in total. The van der Waals surface area contributed by atoms with Crippen molar-refractivity contribution >= 4 is 5.96 Å². The molecule has 0 aliphatic carbocycles. The first kappa shape index (κ1) is 13.6. The number of guanidine groups is 1. The van der Waals surface area contributed by atoms with E-state index in [0.717, 1.165) is 18.8 Å². The number of morpholine rings is 1. The fourth-order valence-corrected chi connectivity index (χ4v) is 1.95. The van der Waals surface area contributed by atoms with Gasteiger partial charge in [-0.3, -0.25) is 0 Å². The smallest absolute Gasteiger partial charge is 0.213 e. The maximum Gasteiger partial charge on any atom is 0.213 e. The summed E-state index contributed by atoms with van der Waals surface area (Å²) in [6, 6.07) is 5.60. The van der Waals surface area contributed by atoms with E-state index in [1.165, 1.54) is 0 Å². The average molecular weight is 264 g/mol. The summed E-state index contributed by atoms with van der Waals surface area (Å²) in [5.74, 6) is 1.13. The number of aliphatic imine (C=N–C) groups is 1. The van der Waals surface area contributed by atoms with Crippen molar-refractivity contribution in [2.45, 2.75) is 19.6 Å². The normalized spacial score (nSPS) is 20.4. The van der Waals surface area contributed by atoms with Gasteiger partial charge in [0.2, 0.25) is 5.88 Å². The molecule has 0 spiro atoms. The van der Waals surface area contributed by atoms with Gasteiger partial charge < -0.3 is 20.1 Å². The van der Waals surface area contributed by atoms with E-state index < -0.39 is 0 Å². The first-order valence-corrected chi connectivity index (χ1v) is 6.35. The van der Waals surface area contributed by atoms with Gasteiger partial charge in [0.25, 0.3) is 0 Å². The van der Waals surface area contributed by atoms with Gasteiger partial charge in [-0.05, 0) is 13.0 Å². The van der Waals surface area contributed by atoms with E-state index in [9.17, 15) is 0 Å². The Morgan fingerprint density at radius 2 is 2.47 bits per heavy atom. The molecule has 0 radical (unpaired) electrons. The summed E-state index contributed by atoms with van der Waals surface area (Å²) in [6.45, 7) is 4.73. The number of hydrogen-bond donors (Lipinski definition) is 1. The lowest BCUT2D eigenvalue weighted by molar-refractivity contribution is 0.00528. The quantitative estimate of drug-likeness (QED) is 0.640. The molecule has 2 heterocycles. The fraction of sp³-hybridized carbons (Fsp3) is 0.538. The van der Waals surface area contributed by atoms with Crippen LogP contribution in [0.2, 0.25) is 0 Å². The standard InChI is InChI=1S/C13H20N4O2/c1-10-9-17(6-7-19-10)13(14)15-8-11-4-3-5-12(16-11)18-2/h3-5,10H,6-9H2,1-2H3,(H2,14,15). The Balaban J connectivity index is 1.96. The van der Waals surface area contributed by atoms with E-state index in [1.807, 2.05) is 24.0 Å². The van der Waals surface area contributed by atoms with Crippen LogP contribution in [0.25, 0.3) is 0 Å². The fourth-order valence-electron chi connectivity index (χ4n) is 1.95. The van der Waals surface area contributed by atoms with Crippen LogP contribution in [0.1, 0.15) is 12.6 Å². The van der Waals surface area contributed by atoms with Crippen molar-refractivity contribution < 1.29 is 9.47 Å². The van der Waals surface area contributed by atoms with Crippen molar-refractivity contribution in [1.82, 2.24) is 9.88 Å². The Kier molecular flexibility index (Phi) is 4.57. The molecular weight excluding hydrogens is 244 g/mol. The first-order valence-electron chi connectivity index (χ1n) is 6.35. The third kappa shape index (κ3) is 3.82. The molecule has 1 saturated heterocycles. The molecule has 1 aliphatic heterocycles. The van der Waals surface area contributed by atoms with Gasteiger partial charge in [-0.15, -0.1) is 0 Å². The Bertz CT molecular complexity index is 450. The van der Waals surface area contributed by atoms with Gasteiger partial charge in [0.1, 0.15) is 0 Å². The van der Waals surface area contributed by atoms with Gasteiger partial charge in [-0.1, -0.05) is 6.07 Å². The van der Waals surface area contributed by atoms with E-state index in [2.05, 4.69) is 9.98 Å². The molecule has 1 aliphatic rings. The number of aromatic nitrogens is 1. The number of nitrogens with two attached hydrogens (primary N) is 1. The molecule has 6 heteroatoms. The van der Waals surface area contributed by atoms with Gasteiger partial charge in [0.15, 0.2) is 5.96 Å². The zero-order valence-corrected chi connectivity index (χ0v) is 11.4. The molecule has 1 aromatic rings. The molecular formula is C13H20N4O2. The van der Waals surface area contributed by atoms with E-state index in [1.54, 1.807) is 13.2 Å². The monoisotopic (exact) mass is 264 g/mol. The van der Waals surface area contributed by atoms with Crippen LogP contribution in [0, 0.1) is 0 Å². The lowest BCUT2D eigenvalue weighted by Crippen LogP contribution is -2.47. The minimum absolute atomic E-state index is 0.192. The molecule has 0 aromatic carbocycles. The van der Waals surface area contributed by atoms with Crippen LogP contribution >= 0.6 is 0 Å². The molecule has 1 aromatic heterocycles. The zero-order valence-electron chi connectivity index (χ0n) is 11.4. The highest BCUT2D eigenvalue weighted by atomic mass is 16.5. The van der Waals surface area contributed by atoms with Gasteiger partial charge in [-0.2, -0.15) is 0 Å². The largest absolute Gasteiger partial charge is 0.481 e. The topological polar surface area (TPSA) is 73.0 Å². The number of ether oxygens (including phenoxy) is 2. The Labute approximate surface area is 113 Å². The minimum atomic E-state index is 0.192. The Hall–Kier alpha value is -1.82. The van der Waals surface area contributed by atoms with Crippen molar-refractivity contribution in [3.8, 4) is 5.88 Å². The predicted octanol–water partition coefficient (Wildman–Crippen LogP) is 0.626. The first-order chi connectivity index (χ1) is 9.19. The molecule has 0 saturated carbocycles. The second kappa shape index (κ2) is 6.38. The van der Waals surface area contributed by atoms with Crippen LogP contribution in [0.5, 0.6) is 5.88 Å². The van der Waals surface area contributed by atoms with E-state index in [-0.39, 0.29) is 6.10 Å². The molecule has 1 fully saturated rings. The van der Waals surface area contributed by atoms with Crippen LogP contribution in [-0.4, -0.2) is 48.8 Å². The van der Waals surface area contributed by atoms with Crippen LogP contribution in [0.15, 0.2) is 23.2 Å². The second-order valence-electron chi connectivity index (χ2n) is 4.47. The highest BCUT2D eigenvalue weighted by molar-refractivity contribution is 5.78. The maximum atomic E-state index is 5.99. The van der Waals surface area contributed by atoms with Gasteiger partial charge in [0.05, 0.1) is 32.1 Å². The van der Waals surface area contributed by atoms with Gasteiger partial charge >= 0.3 is 0 Å². The summed E-state index contributed by atoms with van der Waals surface area (Å²) in [5, 5.41) is 0. The molecule has 0 amide bonds. The van der Waals surface area contributed by atoms with Gasteiger partial charge in [-0.25, -0.2) is 9.98 Å². The van der Waals surface area contributed by atoms with Crippen LogP contribution in [-0.2, 0) is 11.3 Å². The number of pyridine rings is 1. The number of hydrogen-bond acceptors (Lipinski definition) is 4. The molecule has 2 rings (SSSR count). The van der Waals surface area contributed by atoms with Crippen LogP contribution < -0.4 is 10.5 Å². The van der Waals surface area contributed by atoms with Crippen molar-refractivity contribution in [3.05, 3.63) is 23.9 Å². The summed E-state index contributed by atoms with van der Waals surface area (Å²) < 4.78 is 10.5. The van der Waals surface area contributed by atoms with E-state index >= 15 is 0 Å². The molecule has 1 atom stereocenters. The molecule has 0 bridgehead atoms.